The van der Waals surface area contributed by atoms with E-state index in [0.717, 1.165) is 21.2 Å². The van der Waals surface area contributed by atoms with Crippen molar-refractivity contribution in [1.82, 2.24) is 4.90 Å². The molecule has 3 aromatic rings. The van der Waals surface area contributed by atoms with Crippen LogP contribution in [0.15, 0.2) is 95.5 Å². The van der Waals surface area contributed by atoms with E-state index in [1.54, 1.807) is 0 Å². The van der Waals surface area contributed by atoms with Crippen molar-refractivity contribution < 1.29 is 9.53 Å². The molecule has 1 aliphatic heterocycles. The maximum atomic E-state index is 12.9. The highest BCUT2D eigenvalue weighted by Crippen LogP contribution is 2.30. The van der Waals surface area contributed by atoms with Crippen LogP contribution >= 0.6 is 15.9 Å². The molecule has 0 radical (unpaired) electrons. The van der Waals surface area contributed by atoms with E-state index in [-0.39, 0.29) is 11.9 Å². The lowest BCUT2D eigenvalue weighted by Gasteiger charge is -2.45. The molecule has 0 unspecified atom stereocenters. The molecule has 29 heavy (non-hydrogen) atoms. The molecule has 1 amide bonds. The van der Waals surface area contributed by atoms with Gasteiger partial charge < -0.3 is 9.64 Å². The number of carbonyl (C=O) groups is 1. The van der Waals surface area contributed by atoms with Crippen molar-refractivity contribution in [2.45, 2.75) is 25.3 Å². The van der Waals surface area contributed by atoms with Crippen LogP contribution in [0.25, 0.3) is 6.08 Å². The highest BCUT2D eigenvalue weighted by atomic mass is 79.9. The van der Waals surface area contributed by atoms with Crippen molar-refractivity contribution in [3.63, 3.8) is 0 Å². The van der Waals surface area contributed by atoms with Gasteiger partial charge in [-0.3, -0.25) is 4.79 Å². The molecule has 2 atom stereocenters. The second-order valence-corrected chi connectivity index (χ2v) is 7.89. The van der Waals surface area contributed by atoms with Crippen LogP contribution in [0, 0.1) is 0 Å². The summed E-state index contributed by atoms with van der Waals surface area (Å²) in [6.07, 6.45) is 3.67. The maximum absolute atomic E-state index is 12.9. The molecule has 0 aliphatic carbocycles. The minimum Gasteiger partial charge on any atom is -0.361 e. The van der Waals surface area contributed by atoms with Crippen LogP contribution in [0.3, 0.4) is 0 Å². The van der Waals surface area contributed by atoms with Gasteiger partial charge in [0.15, 0.2) is 6.10 Å². The molecule has 3 aromatic carbocycles. The smallest absolute Gasteiger partial charge is 0.255 e. The second-order valence-electron chi connectivity index (χ2n) is 7.04. The monoisotopic (exact) mass is 447 g/mol. The van der Waals surface area contributed by atoms with Crippen molar-refractivity contribution in [1.29, 1.82) is 0 Å². The Morgan fingerprint density at radius 2 is 1.55 bits per heavy atom. The van der Waals surface area contributed by atoms with E-state index in [9.17, 15) is 4.79 Å². The molecule has 1 heterocycles. The highest BCUT2D eigenvalue weighted by molar-refractivity contribution is 9.10. The molecule has 0 N–H and O–H groups in total. The summed E-state index contributed by atoms with van der Waals surface area (Å²) in [6, 6.07) is 28.0. The number of hydrogen-bond donors (Lipinski definition) is 0. The van der Waals surface area contributed by atoms with Crippen LogP contribution in [-0.4, -0.2) is 23.0 Å². The first-order valence-corrected chi connectivity index (χ1v) is 10.4. The maximum Gasteiger partial charge on any atom is 0.255 e. The third-order valence-corrected chi connectivity index (χ3v) is 5.83. The fourth-order valence-electron chi connectivity index (χ4n) is 3.44. The number of halogens is 1. The average Bonchev–Trinajstić information content (AvgIpc) is 2.77. The SMILES string of the molecule is O=C1[C@H](OCc2ccccc2)[C@H](/C=C/c2ccccc2)N1Cc1ccccc1Br. The van der Waals surface area contributed by atoms with Gasteiger partial charge in [0, 0.05) is 11.0 Å². The molecule has 1 saturated heterocycles. The van der Waals surface area contributed by atoms with Crippen LogP contribution in [-0.2, 0) is 22.7 Å². The molecule has 0 spiro atoms. The summed E-state index contributed by atoms with van der Waals surface area (Å²) < 4.78 is 7.03. The Morgan fingerprint density at radius 1 is 0.897 bits per heavy atom. The van der Waals surface area contributed by atoms with Gasteiger partial charge in [0.25, 0.3) is 5.91 Å². The number of β-lactam (4-membered cyclic amide) rings is 1. The molecule has 0 aromatic heterocycles. The molecular formula is C25H22BrNO2. The Morgan fingerprint density at radius 3 is 2.28 bits per heavy atom. The van der Waals surface area contributed by atoms with Crippen molar-refractivity contribution >= 4 is 27.9 Å². The van der Waals surface area contributed by atoms with Gasteiger partial charge in [-0.15, -0.1) is 0 Å². The molecule has 0 bridgehead atoms. The molecule has 1 aliphatic rings. The lowest BCUT2D eigenvalue weighted by atomic mass is 9.95. The quantitative estimate of drug-likeness (QED) is 0.450. The highest BCUT2D eigenvalue weighted by Gasteiger charge is 2.46. The summed E-state index contributed by atoms with van der Waals surface area (Å²) in [5, 5.41) is 0. The zero-order chi connectivity index (χ0) is 20.1. The third-order valence-electron chi connectivity index (χ3n) is 5.05. The summed E-state index contributed by atoms with van der Waals surface area (Å²) >= 11 is 3.58. The van der Waals surface area contributed by atoms with Crippen LogP contribution in [0.5, 0.6) is 0 Å². The molecule has 3 nitrogen and oxygen atoms in total. The summed E-state index contributed by atoms with van der Waals surface area (Å²) in [5.41, 5.74) is 3.25. The third kappa shape index (κ3) is 4.66. The normalized spacial score (nSPS) is 18.8. The first kappa shape index (κ1) is 19.6. The van der Waals surface area contributed by atoms with Crippen molar-refractivity contribution in [2.75, 3.05) is 0 Å². The number of ether oxygens (including phenoxy) is 1. The number of benzene rings is 3. The van der Waals surface area contributed by atoms with Crippen molar-refractivity contribution in [3.8, 4) is 0 Å². The Labute approximate surface area is 179 Å². The lowest BCUT2D eigenvalue weighted by Crippen LogP contribution is -2.64. The van der Waals surface area contributed by atoms with Crippen LogP contribution in [0.2, 0.25) is 0 Å². The minimum atomic E-state index is -0.461. The molecule has 4 heteroatoms. The van der Waals surface area contributed by atoms with E-state index in [1.165, 1.54) is 0 Å². The Hall–Kier alpha value is -2.69. The average molecular weight is 448 g/mol. The van der Waals surface area contributed by atoms with E-state index in [4.69, 9.17) is 4.74 Å². The van der Waals surface area contributed by atoms with Crippen LogP contribution < -0.4 is 0 Å². The van der Waals surface area contributed by atoms with Crippen molar-refractivity contribution in [2.24, 2.45) is 0 Å². The van der Waals surface area contributed by atoms with Gasteiger partial charge in [-0.05, 0) is 22.8 Å². The Balaban J connectivity index is 1.51. The number of nitrogens with zero attached hydrogens (tertiary/aromatic N) is 1. The van der Waals surface area contributed by atoms with E-state index < -0.39 is 6.10 Å². The predicted octanol–water partition coefficient (Wildman–Crippen LogP) is 5.46. The molecule has 146 valence electrons. The van der Waals surface area contributed by atoms with E-state index in [1.807, 2.05) is 77.7 Å². The number of hydrogen-bond acceptors (Lipinski definition) is 2. The fraction of sp³-hybridized carbons (Fsp3) is 0.160. The molecular weight excluding hydrogens is 426 g/mol. The van der Waals surface area contributed by atoms with E-state index in [0.29, 0.717) is 13.2 Å². The summed E-state index contributed by atoms with van der Waals surface area (Å²) in [4.78, 5) is 14.7. The summed E-state index contributed by atoms with van der Waals surface area (Å²) in [5.74, 6) is 0.0272. The van der Waals surface area contributed by atoms with Gasteiger partial charge >= 0.3 is 0 Å². The van der Waals surface area contributed by atoms with Gasteiger partial charge in [-0.2, -0.15) is 0 Å². The van der Waals surface area contributed by atoms with Gasteiger partial charge in [0.05, 0.1) is 12.6 Å². The zero-order valence-corrected chi connectivity index (χ0v) is 17.5. The van der Waals surface area contributed by atoms with Crippen molar-refractivity contribution in [3.05, 3.63) is 112 Å². The predicted molar refractivity (Wildman–Crippen MR) is 119 cm³/mol. The number of amides is 1. The van der Waals surface area contributed by atoms with Gasteiger partial charge in [-0.25, -0.2) is 0 Å². The summed E-state index contributed by atoms with van der Waals surface area (Å²) in [7, 11) is 0. The largest absolute Gasteiger partial charge is 0.361 e. The number of likely N-dealkylation sites (tertiary alicyclic amines) is 1. The number of rotatable bonds is 7. The van der Waals surface area contributed by atoms with E-state index >= 15 is 0 Å². The number of carbonyl (C=O) groups excluding carboxylic acids is 1. The minimum absolute atomic E-state index is 0.0272. The molecule has 0 saturated carbocycles. The molecule has 4 rings (SSSR count). The van der Waals surface area contributed by atoms with Crippen LogP contribution in [0.1, 0.15) is 16.7 Å². The van der Waals surface area contributed by atoms with Crippen LogP contribution in [0.4, 0.5) is 0 Å². The molecule has 1 fully saturated rings. The standard InChI is InChI=1S/C25H22BrNO2/c26-22-14-8-7-13-21(22)17-27-23(16-15-19-9-3-1-4-10-19)24(25(27)28)29-18-20-11-5-2-6-12-20/h1-16,23-24H,17-18H2/b16-15+/t23-,24+/m0/s1. The zero-order valence-electron chi connectivity index (χ0n) is 15.9. The van der Waals surface area contributed by atoms with Gasteiger partial charge in [-0.1, -0.05) is 107 Å². The first-order chi connectivity index (χ1) is 14.2. The van der Waals surface area contributed by atoms with Gasteiger partial charge in [0.1, 0.15) is 0 Å². The second kappa shape index (κ2) is 9.21. The van der Waals surface area contributed by atoms with E-state index in [2.05, 4.69) is 40.2 Å². The first-order valence-electron chi connectivity index (χ1n) is 9.65. The lowest BCUT2D eigenvalue weighted by molar-refractivity contribution is -0.172. The fourth-order valence-corrected chi connectivity index (χ4v) is 3.85. The van der Waals surface area contributed by atoms with Gasteiger partial charge in [0.2, 0.25) is 0 Å². The topological polar surface area (TPSA) is 29.5 Å². The Bertz CT molecular complexity index is 988. The Kier molecular flexibility index (Phi) is 6.23. The summed E-state index contributed by atoms with van der Waals surface area (Å²) in [6.45, 7) is 0.977.